The van der Waals surface area contributed by atoms with E-state index in [1.165, 1.54) is 28.0 Å². The van der Waals surface area contributed by atoms with Crippen molar-refractivity contribution in [1.29, 1.82) is 0 Å². The molecule has 0 radical (unpaired) electrons. The number of fused-ring (bicyclic) bond motifs is 1. The van der Waals surface area contributed by atoms with E-state index in [1.54, 1.807) is 32.1 Å². The van der Waals surface area contributed by atoms with E-state index < -0.39 is 16.9 Å². The zero-order valence-electron chi connectivity index (χ0n) is 20.8. The topological polar surface area (TPSA) is 104 Å². The number of rotatable bonds is 5. The summed E-state index contributed by atoms with van der Waals surface area (Å²) in [6, 6.07) is 13.3. The molecule has 9 heteroatoms. The summed E-state index contributed by atoms with van der Waals surface area (Å²) < 4.78 is 7.21. The predicted molar refractivity (Wildman–Crippen MR) is 139 cm³/mol. The fraction of sp³-hybridized carbons (Fsp3) is 0.296. The van der Waals surface area contributed by atoms with Gasteiger partial charge in [-0.05, 0) is 42.0 Å². The first kappa shape index (κ1) is 25.2. The average molecular weight is 506 g/mol. The lowest BCUT2D eigenvalue weighted by atomic mass is 9.85. The van der Waals surface area contributed by atoms with Crippen molar-refractivity contribution in [3.05, 3.63) is 106 Å². The van der Waals surface area contributed by atoms with Gasteiger partial charge in [0.05, 0.1) is 33.4 Å². The summed E-state index contributed by atoms with van der Waals surface area (Å²) >= 11 is 1.18. The van der Waals surface area contributed by atoms with E-state index in [0.29, 0.717) is 26.2 Å². The predicted octanol–water partition coefficient (Wildman–Crippen LogP) is 4.00. The number of nitro benzene ring substituents is 1. The van der Waals surface area contributed by atoms with Crippen LogP contribution in [0.25, 0.3) is 6.08 Å². The number of allylic oxidation sites excluding steroid dienone is 1. The number of esters is 1. The Kier molecular flexibility index (Phi) is 6.77. The van der Waals surface area contributed by atoms with E-state index in [0.717, 1.165) is 11.1 Å². The molecule has 186 valence electrons. The number of carbonyl (C=O) groups is 1. The number of hydrogen-bond acceptors (Lipinski definition) is 7. The molecule has 0 fully saturated rings. The standard InChI is InChI=1S/C27H27N3O5S/c1-6-35-25(32)22-16(2)28-26-29(23(22)18-10-12-19(13-11-18)27(3,4)5)24(31)21(36-26)15-17-8-7-9-20(14-17)30(33)34/h7-15,23H,6H2,1-5H3/b21-15+/t23-/m1/s1. The minimum absolute atomic E-state index is 0.0546. The van der Waals surface area contributed by atoms with Crippen molar-refractivity contribution < 1.29 is 14.5 Å². The molecule has 1 aliphatic heterocycles. The lowest BCUT2D eigenvalue weighted by molar-refractivity contribution is -0.384. The highest BCUT2D eigenvalue weighted by Crippen LogP contribution is 2.32. The second kappa shape index (κ2) is 9.66. The number of aromatic nitrogens is 1. The maximum Gasteiger partial charge on any atom is 0.338 e. The number of thiazole rings is 1. The van der Waals surface area contributed by atoms with Gasteiger partial charge in [0.2, 0.25) is 0 Å². The van der Waals surface area contributed by atoms with Crippen LogP contribution in [0, 0.1) is 10.1 Å². The Morgan fingerprint density at radius 1 is 1.22 bits per heavy atom. The lowest BCUT2D eigenvalue weighted by Gasteiger charge is -2.26. The van der Waals surface area contributed by atoms with Gasteiger partial charge in [0.25, 0.3) is 11.2 Å². The molecule has 0 N–H and O–H groups in total. The Hall–Kier alpha value is -3.85. The molecule has 1 aliphatic rings. The maximum absolute atomic E-state index is 13.7. The lowest BCUT2D eigenvalue weighted by Crippen LogP contribution is -2.40. The highest BCUT2D eigenvalue weighted by Gasteiger charge is 2.33. The summed E-state index contributed by atoms with van der Waals surface area (Å²) in [5.74, 6) is -0.517. The number of non-ortho nitro benzene ring substituents is 1. The Morgan fingerprint density at radius 2 is 1.92 bits per heavy atom. The molecule has 0 bridgehead atoms. The van der Waals surface area contributed by atoms with Gasteiger partial charge in [-0.3, -0.25) is 19.5 Å². The minimum atomic E-state index is -0.707. The van der Waals surface area contributed by atoms with Gasteiger partial charge in [-0.2, -0.15) is 0 Å². The van der Waals surface area contributed by atoms with Gasteiger partial charge in [-0.25, -0.2) is 9.79 Å². The number of nitro groups is 1. The quantitative estimate of drug-likeness (QED) is 0.296. The van der Waals surface area contributed by atoms with Crippen molar-refractivity contribution in [2.24, 2.45) is 4.99 Å². The summed E-state index contributed by atoms with van der Waals surface area (Å²) in [5.41, 5.74) is 2.78. The monoisotopic (exact) mass is 505 g/mol. The van der Waals surface area contributed by atoms with Crippen LogP contribution in [0.4, 0.5) is 5.69 Å². The van der Waals surface area contributed by atoms with E-state index in [4.69, 9.17) is 4.74 Å². The van der Waals surface area contributed by atoms with Crippen LogP contribution < -0.4 is 14.9 Å². The molecule has 0 amide bonds. The SMILES string of the molecule is CCOC(=O)C1=C(C)N=c2s/c(=C/c3cccc([N+](=O)[O-])c3)c(=O)n2[C@@H]1c1ccc(C(C)(C)C)cc1. The third kappa shape index (κ3) is 4.79. The molecule has 8 nitrogen and oxygen atoms in total. The molecule has 3 aromatic rings. The van der Waals surface area contributed by atoms with Crippen molar-refractivity contribution in [3.63, 3.8) is 0 Å². The summed E-state index contributed by atoms with van der Waals surface area (Å²) in [7, 11) is 0. The largest absolute Gasteiger partial charge is 0.463 e. The molecule has 2 aromatic carbocycles. The maximum atomic E-state index is 13.7. The fourth-order valence-electron chi connectivity index (χ4n) is 4.15. The van der Waals surface area contributed by atoms with Crippen LogP contribution in [-0.2, 0) is 14.9 Å². The molecule has 0 aliphatic carbocycles. The number of nitrogens with zero attached hydrogens (tertiary/aromatic N) is 3. The van der Waals surface area contributed by atoms with Gasteiger partial charge in [0.1, 0.15) is 0 Å². The van der Waals surface area contributed by atoms with E-state index in [1.807, 2.05) is 24.3 Å². The molecular weight excluding hydrogens is 478 g/mol. The summed E-state index contributed by atoms with van der Waals surface area (Å²) in [6.45, 7) is 10.0. The fourth-order valence-corrected chi connectivity index (χ4v) is 5.20. The van der Waals surface area contributed by atoms with Gasteiger partial charge in [-0.15, -0.1) is 0 Å². The van der Waals surface area contributed by atoms with Crippen LogP contribution in [0.3, 0.4) is 0 Å². The first-order chi connectivity index (χ1) is 17.0. The normalized spacial score (nSPS) is 15.9. The molecular formula is C27H27N3O5S. The summed E-state index contributed by atoms with van der Waals surface area (Å²) in [5, 5.41) is 11.2. The van der Waals surface area contributed by atoms with Gasteiger partial charge in [-0.1, -0.05) is 68.5 Å². The van der Waals surface area contributed by atoms with Gasteiger partial charge >= 0.3 is 5.97 Å². The molecule has 1 atom stereocenters. The smallest absolute Gasteiger partial charge is 0.338 e. The molecule has 0 spiro atoms. The van der Waals surface area contributed by atoms with Crippen LogP contribution in [-0.4, -0.2) is 22.1 Å². The Balaban J connectivity index is 1.92. The van der Waals surface area contributed by atoms with Crippen LogP contribution in [0.2, 0.25) is 0 Å². The minimum Gasteiger partial charge on any atom is -0.463 e. The molecule has 36 heavy (non-hydrogen) atoms. The highest BCUT2D eigenvalue weighted by atomic mass is 32.1. The Morgan fingerprint density at radius 3 is 2.53 bits per heavy atom. The first-order valence-electron chi connectivity index (χ1n) is 11.6. The van der Waals surface area contributed by atoms with E-state index in [2.05, 4.69) is 25.8 Å². The molecule has 2 heterocycles. The molecule has 0 saturated heterocycles. The molecule has 4 rings (SSSR count). The van der Waals surface area contributed by atoms with Crippen LogP contribution >= 0.6 is 11.3 Å². The van der Waals surface area contributed by atoms with Crippen molar-refractivity contribution in [1.82, 2.24) is 4.57 Å². The van der Waals surface area contributed by atoms with Crippen molar-refractivity contribution in [3.8, 4) is 0 Å². The zero-order chi connectivity index (χ0) is 26.2. The van der Waals surface area contributed by atoms with E-state index in [-0.39, 0.29) is 23.3 Å². The number of hydrogen-bond donors (Lipinski definition) is 0. The van der Waals surface area contributed by atoms with Crippen LogP contribution in [0.15, 0.2) is 69.6 Å². The van der Waals surface area contributed by atoms with Crippen molar-refractivity contribution >= 4 is 29.1 Å². The van der Waals surface area contributed by atoms with E-state index >= 15 is 0 Å². The second-order valence-corrected chi connectivity index (χ2v) is 10.5. The van der Waals surface area contributed by atoms with Crippen molar-refractivity contribution in [2.45, 2.75) is 46.1 Å². The number of carbonyl (C=O) groups excluding carboxylic acids is 1. The third-order valence-corrected chi connectivity index (χ3v) is 6.97. The summed E-state index contributed by atoms with van der Waals surface area (Å²) in [6.07, 6.45) is 1.61. The second-order valence-electron chi connectivity index (χ2n) is 9.53. The Labute approximate surface area is 212 Å². The molecule has 0 unspecified atom stereocenters. The average Bonchev–Trinajstić information content (AvgIpc) is 3.12. The third-order valence-electron chi connectivity index (χ3n) is 5.99. The van der Waals surface area contributed by atoms with Gasteiger partial charge < -0.3 is 4.74 Å². The van der Waals surface area contributed by atoms with Gasteiger partial charge in [0, 0.05) is 12.1 Å². The number of ether oxygens (including phenoxy) is 1. The Bertz CT molecular complexity index is 1560. The zero-order valence-corrected chi connectivity index (χ0v) is 21.6. The summed E-state index contributed by atoms with van der Waals surface area (Å²) in [4.78, 5) is 42.4. The highest BCUT2D eigenvalue weighted by molar-refractivity contribution is 7.07. The number of benzene rings is 2. The van der Waals surface area contributed by atoms with Crippen molar-refractivity contribution in [2.75, 3.05) is 6.61 Å². The molecule has 0 saturated carbocycles. The first-order valence-corrected chi connectivity index (χ1v) is 12.4. The molecule has 1 aromatic heterocycles. The van der Waals surface area contributed by atoms with Crippen LogP contribution in [0.5, 0.6) is 0 Å². The van der Waals surface area contributed by atoms with Crippen LogP contribution in [0.1, 0.15) is 57.4 Å². The van der Waals surface area contributed by atoms with E-state index in [9.17, 15) is 19.7 Å². The van der Waals surface area contributed by atoms with Gasteiger partial charge in [0.15, 0.2) is 4.80 Å².